The fourth-order valence-electron chi connectivity index (χ4n) is 2.41. The minimum Gasteiger partial charge on any atom is -0.374 e. The van der Waals surface area contributed by atoms with Crippen LogP contribution >= 0.6 is 0 Å². The molecule has 0 saturated heterocycles. The van der Waals surface area contributed by atoms with E-state index in [9.17, 15) is 0 Å². The Kier molecular flexibility index (Phi) is 4.05. The van der Waals surface area contributed by atoms with Crippen LogP contribution in [0.25, 0.3) is 0 Å². The van der Waals surface area contributed by atoms with Crippen LogP contribution in [0.15, 0.2) is 6.07 Å². The highest BCUT2D eigenvalue weighted by molar-refractivity contribution is 5.51. The molecular formula is C15H24N4O. The second-order valence-corrected chi connectivity index (χ2v) is 5.74. The number of rotatable bonds is 8. The highest BCUT2D eigenvalue weighted by Gasteiger charge is 2.34. The summed E-state index contributed by atoms with van der Waals surface area (Å²) in [7, 11) is 1.90. The van der Waals surface area contributed by atoms with Crippen molar-refractivity contribution in [1.29, 1.82) is 0 Å². The fourth-order valence-corrected chi connectivity index (χ4v) is 2.41. The maximum Gasteiger partial charge on any atom is 0.158 e. The first-order valence-electron chi connectivity index (χ1n) is 7.70. The molecule has 0 aliphatic heterocycles. The second-order valence-electron chi connectivity index (χ2n) is 5.74. The van der Waals surface area contributed by atoms with Crippen LogP contribution in [-0.4, -0.2) is 36.2 Å². The van der Waals surface area contributed by atoms with E-state index in [0.717, 1.165) is 29.9 Å². The van der Waals surface area contributed by atoms with Crippen LogP contribution in [0.4, 0.5) is 11.6 Å². The number of nitrogens with one attached hydrogen (secondary N) is 1. The molecule has 0 radical (unpaired) electrons. The first-order valence-corrected chi connectivity index (χ1v) is 7.70. The van der Waals surface area contributed by atoms with Gasteiger partial charge in [0.2, 0.25) is 0 Å². The van der Waals surface area contributed by atoms with Crippen molar-refractivity contribution in [2.45, 2.75) is 45.3 Å². The lowest BCUT2D eigenvalue weighted by Gasteiger charge is -2.24. The van der Waals surface area contributed by atoms with Crippen LogP contribution < -0.4 is 10.2 Å². The van der Waals surface area contributed by atoms with E-state index in [1.165, 1.54) is 25.7 Å². The molecule has 5 heteroatoms. The average molecular weight is 276 g/mol. The highest BCUT2D eigenvalue weighted by Crippen LogP contribution is 2.37. The Hall–Kier alpha value is -1.36. The van der Waals surface area contributed by atoms with Gasteiger partial charge in [-0.3, -0.25) is 0 Å². The van der Waals surface area contributed by atoms with Crippen LogP contribution in [0.1, 0.15) is 38.4 Å². The summed E-state index contributed by atoms with van der Waals surface area (Å²) in [5.41, 5.74) is 0. The van der Waals surface area contributed by atoms with E-state index in [1.54, 1.807) is 0 Å². The van der Waals surface area contributed by atoms with Gasteiger partial charge >= 0.3 is 0 Å². The predicted molar refractivity (Wildman–Crippen MR) is 80.0 cm³/mol. The topological polar surface area (TPSA) is 50.3 Å². The monoisotopic (exact) mass is 276 g/mol. The quantitative estimate of drug-likeness (QED) is 0.790. The van der Waals surface area contributed by atoms with Gasteiger partial charge in [0.1, 0.15) is 18.2 Å². The summed E-state index contributed by atoms with van der Waals surface area (Å²) in [6.45, 7) is 4.32. The summed E-state index contributed by atoms with van der Waals surface area (Å²) in [5, 5.41) is 3.13. The van der Waals surface area contributed by atoms with Crippen molar-refractivity contribution in [3.63, 3.8) is 0 Å². The largest absolute Gasteiger partial charge is 0.374 e. The normalized spacial score (nSPS) is 18.1. The fraction of sp³-hybridized carbons (Fsp3) is 0.733. The Morgan fingerprint density at radius 2 is 2.10 bits per heavy atom. The van der Waals surface area contributed by atoms with Crippen molar-refractivity contribution in [2.75, 3.05) is 30.4 Å². The van der Waals surface area contributed by atoms with Gasteiger partial charge in [0.05, 0.1) is 0 Å². The summed E-state index contributed by atoms with van der Waals surface area (Å²) < 4.78 is 5.45. The van der Waals surface area contributed by atoms with E-state index >= 15 is 0 Å². The standard InChI is InChI=1S/C15H24N4O/c1-3-20-10-14-17-13(16-2)8-15(18-14)19(12-6-7-12)9-11-4-5-11/h8,11-12H,3-7,9-10H2,1-2H3,(H,16,17,18). The number of anilines is 2. The number of hydrogen-bond donors (Lipinski definition) is 1. The van der Waals surface area contributed by atoms with Crippen LogP contribution in [-0.2, 0) is 11.3 Å². The zero-order chi connectivity index (χ0) is 13.9. The number of aromatic nitrogens is 2. The molecule has 0 amide bonds. The number of ether oxygens (including phenoxy) is 1. The molecule has 3 rings (SSSR count). The predicted octanol–water partition coefficient (Wildman–Crippen LogP) is 2.43. The van der Waals surface area contributed by atoms with Crippen molar-refractivity contribution < 1.29 is 4.74 Å². The molecular weight excluding hydrogens is 252 g/mol. The maximum atomic E-state index is 5.45. The van der Waals surface area contributed by atoms with Gasteiger partial charge in [0.25, 0.3) is 0 Å². The van der Waals surface area contributed by atoms with Gasteiger partial charge in [-0.2, -0.15) is 0 Å². The third-order valence-electron chi connectivity index (χ3n) is 3.88. The minimum atomic E-state index is 0.487. The van der Waals surface area contributed by atoms with Crippen LogP contribution in [0.2, 0.25) is 0 Å². The van der Waals surface area contributed by atoms with Crippen LogP contribution in [0.5, 0.6) is 0 Å². The molecule has 1 aromatic rings. The molecule has 2 aliphatic carbocycles. The van der Waals surface area contributed by atoms with E-state index in [4.69, 9.17) is 9.72 Å². The molecule has 0 aromatic carbocycles. The van der Waals surface area contributed by atoms with Gasteiger partial charge in [-0.1, -0.05) is 0 Å². The molecule has 20 heavy (non-hydrogen) atoms. The Bertz CT molecular complexity index is 457. The first-order chi connectivity index (χ1) is 9.80. The molecule has 110 valence electrons. The molecule has 0 spiro atoms. The Morgan fingerprint density at radius 1 is 1.30 bits per heavy atom. The molecule has 1 N–H and O–H groups in total. The third kappa shape index (κ3) is 3.39. The minimum absolute atomic E-state index is 0.487. The Labute approximate surface area is 120 Å². The first kappa shape index (κ1) is 13.6. The molecule has 1 heterocycles. The molecule has 2 saturated carbocycles. The van der Waals surface area contributed by atoms with Gasteiger partial charge in [-0.15, -0.1) is 0 Å². The van der Waals surface area contributed by atoms with E-state index in [2.05, 4.69) is 21.3 Å². The second kappa shape index (κ2) is 5.95. The molecule has 0 unspecified atom stereocenters. The highest BCUT2D eigenvalue weighted by atomic mass is 16.5. The van der Waals surface area contributed by atoms with Gasteiger partial charge in [0, 0.05) is 32.3 Å². The molecule has 0 atom stereocenters. The van der Waals surface area contributed by atoms with Crippen LogP contribution in [0, 0.1) is 5.92 Å². The lowest BCUT2D eigenvalue weighted by atomic mass is 10.3. The molecule has 5 nitrogen and oxygen atoms in total. The van der Waals surface area contributed by atoms with Gasteiger partial charge in [0.15, 0.2) is 5.82 Å². The maximum absolute atomic E-state index is 5.45. The van der Waals surface area contributed by atoms with E-state index in [-0.39, 0.29) is 0 Å². The van der Waals surface area contributed by atoms with E-state index < -0.39 is 0 Å². The van der Waals surface area contributed by atoms with E-state index in [0.29, 0.717) is 19.3 Å². The summed E-state index contributed by atoms with van der Waals surface area (Å²) in [6.07, 6.45) is 5.34. The Balaban J connectivity index is 1.80. The van der Waals surface area contributed by atoms with Crippen LogP contribution in [0.3, 0.4) is 0 Å². The van der Waals surface area contributed by atoms with Crippen molar-refractivity contribution in [2.24, 2.45) is 5.92 Å². The third-order valence-corrected chi connectivity index (χ3v) is 3.88. The zero-order valence-electron chi connectivity index (χ0n) is 12.4. The molecule has 0 bridgehead atoms. The number of hydrogen-bond acceptors (Lipinski definition) is 5. The lowest BCUT2D eigenvalue weighted by molar-refractivity contribution is 0.128. The van der Waals surface area contributed by atoms with Gasteiger partial charge < -0.3 is 15.0 Å². The van der Waals surface area contributed by atoms with E-state index in [1.807, 2.05) is 14.0 Å². The summed E-state index contributed by atoms with van der Waals surface area (Å²) in [4.78, 5) is 11.7. The Morgan fingerprint density at radius 3 is 2.70 bits per heavy atom. The van der Waals surface area contributed by atoms with Crippen molar-refractivity contribution >= 4 is 11.6 Å². The smallest absolute Gasteiger partial charge is 0.158 e. The molecule has 2 aliphatic rings. The van der Waals surface area contributed by atoms with Crippen molar-refractivity contribution in [3.05, 3.63) is 11.9 Å². The zero-order valence-corrected chi connectivity index (χ0v) is 12.4. The van der Waals surface area contributed by atoms with Crippen molar-refractivity contribution in [1.82, 2.24) is 9.97 Å². The number of nitrogens with zero attached hydrogens (tertiary/aromatic N) is 3. The average Bonchev–Trinajstić information content (AvgIpc) is 3.35. The van der Waals surface area contributed by atoms with Crippen molar-refractivity contribution in [3.8, 4) is 0 Å². The summed E-state index contributed by atoms with van der Waals surface area (Å²) in [5.74, 6) is 3.59. The SMILES string of the molecule is CCOCc1nc(NC)cc(N(CC2CC2)C2CC2)n1. The lowest BCUT2D eigenvalue weighted by Crippen LogP contribution is -2.29. The molecule has 2 fully saturated rings. The molecule has 1 aromatic heterocycles. The summed E-state index contributed by atoms with van der Waals surface area (Å²) in [6, 6.07) is 2.76. The summed E-state index contributed by atoms with van der Waals surface area (Å²) >= 11 is 0. The van der Waals surface area contributed by atoms with Gasteiger partial charge in [-0.25, -0.2) is 9.97 Å². The van der Waals surface area contributed by atoms with Gasteiger partial charge in [-0.05, 0) is 38.5 Å².